The minimum atomic E-state index is 0.496. The molecule has 2 fully saturated rings. The first-order chi connectivity index (χ1) is 6.35. The van der Waals surface area contributed by atoms with Crippen LogP contribution in [-0.2, 0) is 0 Å². The fraction of sp³-hybridized carbons (Fsp3) is 1.00. The van der Waals surface area contributed by atoms with Crippen molar-refractivity contribution < 1.29 is 0 Å². The lowest BCUT2D eigenvalue weighted by Gasteiger charge is -2.43. The summed E-state index contributed by atoms with van der Waals surface area (Å²) in [6, 6.07) is 0.864. The fourth-order valence-corrected chi connectivity index (χ4v) is 1.97. The predicted octanol–water partition coefficient (Wildman–Crippen LogP) is 1.91. The molecule has 0 unspecified atom stereocenters. The molecule has 13 heavy (non-hydrogen) atoms. The molecule has 2 aliphatic carbocycles. The molecule has 0 amide bonds. The Morgan fingerprint density at radius 3 is 2.15 bits per heavy atom. The molecule has 0 aromatic rings. The van der Waals surface area contributed by atoms with E-state index >= 15 is 0 Å². The molecule has 0 atom stereocenters. The Kier molecular flexibility index (Phi) is 4.20. The molecule has 0 heterocycles. The van der Waals surface area contributed by atoms with Gasteiger partial charge in [-0.1, -0.05) is 13.8 Å². The molecule has 0 spiro atoms. The minimum absolute atomic E-state index is 0.496. The van der Waals surface area contributed by atoms with Crippen LogP contribution < -0.4 is 10.6 Å². The zero-order valence-corrected chi connectivity index (χ0v) is 9.32. The first-order valence-corrected chi connectivity index (χ1v) is 5.77. The third-order valence-corrected chi connectivity index (χ3v) is 2.91. The van der Waals surface area contributed by atoms with Crippen molar-refractivity contribution in [3.05, 3.63) is 0 Å². The van der Waals surface area contributed by atoms with E-state index < -0.39 is 0 Å². The topological polar surface area (TPSA) is 24.1 Å². The van der Waals surface area contributed by atoms with Crippen LogP contribution in [0.2, 0.25) is 0 Å². The van der Waals surface area contributed by atoms with Gasteiger partial charge >= 0.3 is 0 Å². The molecule has 0 radical (unpaired) electrons. The second kappa shape index (κ2) is 4.97. The highest BCUT2D eigenvalue weighted by molar-refractivity contribution is 5.01. The van der Waals surface area contributed by atoms with E-state index in [-0.39, 0.29) is 0 Å². The van der Waals surface area contributed by atoms with E-state index in [4.69, 9.17) is 0 Å². The Hall–Kier alpha value is -0.0800. The van der Waals surface area contributed by atoms with Crippen LogP contribution in [0.15, 0.2) is 0 Å². The van der Waals surface area contributed by atoms with E-state index in [2.05, 4.69) is 17.7 Å². The van der Waals surface area contributed by atoms with E-state index in [1.54, 1.807) is 0 Å². The average molecular weight is 184 g/mol. The summed E-state index contributed by atoms with van der Waals surface area (Å²) in [4.78, 5) is 0. The van der Waals surface area contributed by atoms with Crippen molar-refractivity contribution in [3.8, 4) is 0 Å². The van der Waals surface area contributed by atoms with E-state index in [1.165, 1.54) is 32.1 Å². The first kappa shape index (κ1) is 11.0. The molecule has 2 heteroatoms. The molecule has 2 nitrogen and oxygen atoms in total. The van der Waals surface area contributed by atoms with Gasteiger partial charge < -0.3 is 10.6 Å². The third kappa shape index (κ3) is 2.96. The van der Waals surface area contributed by atoms with Gasteiger partial charge in [0.15, 0.2) is 0 Å². The largest absolute Gasteiger partial charge is 0.318 e. The van der Waals surface area contributed by atoms with Crippen LogP contribution in [0.1, 0.15) is 46.0 Å². The molecule has 0 aliphatic heterocycles. The van der Waals surface area contributed by atoms with E-state index in [0.717, 1.165) is 12.6 Å². The van der Waals surface area contributed by atoms with Gasteiger partial charge in [-0.3, -0.25) is 0 Å². The zero-order chi connectivity index (χ0) is 9.73. The van der Waals surface area contributed by atoms with E-state index in [1.807, 2.05) is 13.8 Å². The predicted molar refractivity (Wildman–Crippen MR) is 58.0 cm³/mol. The van der Waals surface area contributed by atoms with Gasteiger partial charge in [0, 0.05) is 18.1 Å². The molecule has 2 N–H and O–H groups in total. The van der Waals surface area contributed by atoms with Gasteiger partial charge in [0.05, 0.1) is 0 Å². The van der Waals surface area contributed by atoms with Gasteiger partial charge in [-0.25, -0.2) is 0 Å². The van der Waals surface area contributed by atoms with Crippen LogP contribution in [0.5, 0.6) is 0 Å². The highest BCUT2D eigenvalue weighted by atomic mass is 15.1. The van der Waals surface area contributed by atoms with Crippen molar-refractivity contribution in [2.24, 2.45) is 0 Å². The second-order valence-electron chi connectivity index (χ2n) is 4.08. The summed E-state index contributed by atoms with van der Waals surface area (Å²) in [7, 11) is 2.05. The summed E-state index contributed by atoms with van der Waals surface area (Å²) < 4.78 is 0. The molecule has 0 aromatic heterocycles. The molecule has 2 rings (SSSR count). The van der Waals surface area contributed by atoms with E-state index in [0.29, 0.717) is 5.54 Å². The van der Waals surface area contributed by atoms with Crippen LogP contribution in [0.4, 0.5) is 0 Å². The number of nitrogens with one attached hydrogen (secondary N) is 2. The molecule has 2 saturated carbocycles. The standard InChI is InChI=1S/C9H18N2.C2H6/c1-10-7-9(5-2-6-9)11-8-3-4-8;1-2/h8,10-11H,2-7H2,1H3;1-2H3. The zero-order valence-electron chi connectivity index (χ0n) is 9.32. The lowest BCUT2D eigenvalue weighted by atomic mass is 9.76. The smallest absolute Gasteiger partial charge is 0.0308 e. The Morgan fingerprint density at radius 2 is 1.85 bits per heavy atom. The monoisotopic (exact) mass is 184 g/mol. The molecular weight excluding hydrogens is 160 g/mol. The van der Waals surface area contributed by atoms with Crippen LogP contribution in [0.25, 0.3) is 0 Å². The molecule has 78 valence electrons. The number of hydrogen-bond donors (Lipinski definition) is 2. The first-order valence-electron chi connectivity index (χ1n) is 5.77. The number of hydrogen-bond acceptors (Lipinski definition) is 2. The van der Waals surface area contributed by atoms with Crippen LogP contribution in [-0.4, -0.2) is 25.2 Å². The van der Waals surface area contributed by atoms with Crippen molar-refractivity contribution in [1.82, 2.24) is 10.6 Å². The van der Waals surface area contributed by atoms with Crippen LogP contribution in [0, 0.1) is 0 Å². The van der Waals surface area contributed by atoms with Crippen molar-refractivity contribution >= 4 is 0 Å². The van der Waals surface area contributed by atoms with Gasteiger partial charge in [0.25, 0.3) is 0 Å². The van der Waals surface area contributed by atoms with E-state index in [9.17, 15) is 0 Å². The van der Waals surface area contributed by atoms with Crippen LogP contribution in [0.3, 0.4) is 0 Å². The lowest BCUT2D eigenvalue weighted by Crippen LogP contribution is -2.57. The van der Waals surface area contributed by atoms with Gasteiger partial charge in [-0.05, 0) is 39.2 Å². The quantitative estimate of drug-likeness (QED) is 0.697. The van der Waals surface area contributed by atoms with Gasteiger partial charge in [0.2, 0.25) is 0 Å². The maximum absolute atomic E-state index is 3.74. The second-order valence-corrected chi connectivity index (χ2v) is 4.08. The third-order valence-electron chi connectivity index (χ3n) is 2.91. The maximum Gasteiger partial charge on any atom is 0.0308 e. The molecule has 0 saturated heterocycles. The maximum atomic E-state index is 3.74. The highest BCUT2D eigenvalue weighted by Gasteiger charge is 2.40. The summed E-state index contributed by atoms with van der Waals surface area (Å²) in [6.07, 6.45) is 6.99. The Morgan fingerprint density at radius 1 is 1.23 bits per heavy atom. The summed E-state index contributed by atoms with van der Waals surface area (Å²) in [5, 5.41) is 7.02. The van der Waals surface area contributed by atoms with Crippen molar-refractivity contribution in [3.63, 3.8) is 0 Å². The summed E-state index contributed by atoms with van der Waals surface area (Å²) in [5.41, 5.74) is 0.496. The van der Waals surface area contributed by atoms with Gasteiger partial charge in [-0.15, -0.1) is 0 Å². The lowest BCUT2D eigenvalue weighted by molar-refractivity contribution is 0.180. The normalized spacial score (nSPS) is 24.2. The highest BCUT2D eigenvalue weighted by Crippen LogP contribution is 2.35. The minimum Gasteiger partial charge on any atom is -0.318 e. The Labute approximate surface area is 82.5 Å². The summed E-state index contributed by atoms with van der Waals surface area (Å²) in [5.74, 6) is 0. The summed E-state index contributed by atoms with van der Waals surface area (Å²) >= 11 is 0. The van der Waals surface area contributed by atoms with Crippen molar-refractivity contribution in [2.75, 3.05) is 13.6 Å². The molecule has 2 aliphatic rings. The Bertz CT molecular complexity index is 137. The summed E-state index contributed by atoms with van der Waals surface area (Å²) in [6.45, 7) is 5.16. The number of rotatable bonds is 4. The number of likely N-dealkylation sites (N-methyl/N-ethyl adjacent to an activating group) is 1. The molecule has 0 aromatic carbocycles. The van der Waals surface area contributed by atoms with Gasteiger partial charge in [0.1, 0.15) is 0 Å². The van der Waals surface area contributed by atoms with Crippen molar-refractivity contribution in [1.29, 1.82) is 0 Å². The fourth-order valence-electron chi connectivity index (χ4n) is 1.97. The van der Waals surface area contributed by atoms with Gasteiger partial charge in [-0.2, -0.15) is 0 Å². The van der Waals surface area contributed by atoms with Crippen molar-refractivity contribution in [2.45, 2.75) is 57.5 Å². The van der Waals surface area contributed by atoms with Crippen LogP contribution >= 0.6 is 0 Å². The average Bonchev–Trinajstić information content (AvgIpc) is 2.88. The SMILES string of the molecule is CC.CNCC1(NC2CC2)CCC1. The Balaban J connectivity index is 0.000000396. The molecule has 0 bridgehead atoms. The molecular formula is C11H24N2.